The largest absolute Gasteiger partial charge is 0.491 e. The number of benzene rings is 2. The molecule has 0 bridgehead atoms. The summed E-state index contributed by atoms with van der Waals surface area (Å²) in [7, 11) is 0. The normalized spacial score (nSPS) is 15.2. The van der Waals surface area contributed by atoms with Gasteiger partial charge in [-0.1, -0.05) is 55.5 Å². The van der Waals surface area contributed by atoms with E-state index >= 15 is 0 Å². The molecule has 0 N–H and O–H groups in total. The molecule has 1 aromatic heterocycles. The minimum absolute atomic E-state index is 0.0301. The van der Waals surface area contributed by atoms with Crippen molar-refractivity contribution in [1.82, 2.24) is 14.7 Å². The van der Waals surface area contributed by atoms with E-state index < -0.39 is 0 Å². The smallest absolute Gasteiger partial charge is 0.266 e. The molecule has 0 unspecified atom stereocenters. The molecular weight excluding hydrogens is 450 g/mol. The predicted octanol–water partition coefficient (Wildman–Crippen LogP) is 6.33. The van der Waals surface area contributed by atoms with Crippen LogP contribution in [0.15, 0.2) is 65.7 Å². The first-order valence-corrected chi connectivity index (χ1v) is 12.4. The van der Waals surface area contributed by atoms with Crippen LogP contribution < -0.4 is 4.74 Å². The van der Waals surface area contributed by atoms with Gasteiger partial charge in [-0.3, -0.25) is 9.69 Å². The van der Waals surface area contributed by atoms with Crippen molar-refractivity contribution >= 4 is 40.3 Å². The highest BCUT2D eigenvalue weighted by Crippen LogP contribution is 2.35. The molecule has 4 rings (SSSR count). The van der Waals surface area contributed by atoms with Crippen molar-refractivity contribution in [2.75, 3.05) is 6.54 Å². The van der Waals surface area contributed by atoms with E-state index in [0.29, 0.717) is 15.8 Å². The highest BCUT2D eigenvalue weighted by molar-refractivity contribution is 8.26. The number of thioether (sulfide) groups is 1. The number of carbonyl (C=O) groups excluding carboxylic acids is 1. The average molecular weight is 478 g/mol. The molecule has 2 heterocycles. The summed E-state index contributed by atoms with van der Waals surface area (Å²) in [5.74, 6) is 0.784. The molecule has 1 amide bonds. The lowest BCUT2D eigenvalue weighted by Gasteiger charge is -2.13. The van der Waals surface area contributed by atoms with Crippen molar-refractivity contribution in [2.24, 2.45) is 0 Å². The number of carbonyl (C=O) groups is 1. The van der Waals surface area contributed by atoms with Crippen molar-refractivity contribution in [2.45, 2.75) is 39.7 Å². The van der Waals surface area contributed by atoms with Crippen LogP contribution in [0.5, 0.6) is 5.75 Å². The fourth-order valence-corrected chi connectivity index (χ4v) is 4.84. The minimum Gasteiger partial charge on any atom is -0.491 e. The topological polar surface area (TPSA) is 47.4 Å². The molecule has 1 aliphatic rings. The molecule has 0 radical (unpaired) electrons. The maximum atomic E-state index is 13.0. The molecule has 33 heavy (non-hydrogen) atoms. The summed E-state index contributed by atoms with van der Waals surface area (Å²) < 4.78 is 8.24. The Morgan fingerprint density at radius 1 is 1.12 bits per heavy atom. The number of hydrogen-bond donors (Lipinski definition) is 0. The number of unbranched alkanes of at least 4 members (excludes halogenated alkanes) is 1. The van der Waals surface area contributed by atoms with Crippen LogP contribution in [0.4, 0.5) is 0 Å². The van der Waals surface area contributed by atoms with Crippen LogP contribution in [0.3, 0.4) is 0 Å². The Balaban J connectivity index is 1.72. The molecule has 5 nitrogen and oxygen atoms in total. The number of amides is 1. The summed E-state index contributed by atoms with van der Waals surface area (Å²) in [6.07, 6.45) is 5.92. The monoisotopic (exact) mass is 477 g/mol. The molecule has 2 aromatic carbocycles. The third-order valence-electron chi connectivity index (χ3n) is 5.16. The predicted molar refractivity (Wildman–Crippen MR) is 140 cm³/mol. The Morgan fingerprint density at radius 3 is 2.52 bits per heavy atom. The Labute approximate surface area is 204 Å². The van der Waals surface area contributed by atoms with Gasteiger partial charge in [-0.05, 0) is 62.7 Å². The molecule has 0 saturated carbocycles. The molecule has 170 valence electrons. The van der Waals surface area contributed by atoms with Crippen molar-refractivity contribution in [1.29, 1.82) is 0 Å². The molecule has 0 atom stereocenters. The van der Waals surface area contributed by atoms with Crippen LogP contribution in [0.1, 0.15) is 39.2 Å². The van der Waals surface area contributed by atoms with E-state index in [2.05, 4.69) is 6.92 Å². The zero-order valence-electron chi connectivity index (χ0n) is 19.0. The average Bonchev–Trinajstić information content (AvgIpc) is 3.34. The van der Waals surface area contributed by atoms with Crippen molar-refractivity contribution in [3.8, 4) is 22.7 Å². The zero-order chi connectivity index (χ0) is 23.4. The SMILES string of the molecule is CCCCN1C(=O)C(=Cc2cn(-c3ccccc3)nc2-c2ccc(OC(C)C)cc2)SC1=S. The number of hydrogen-bond acceptors (Lipinski definition) is 5. The number of thiocarbonyl (C=S) groups is 1. The fraction of sp³-hybridized carbons (Fsp3) is 0.269. The summed E-state index contributed by atoms with van der Waals surface area (Å²) >= 11 is 6.83. The van der Waals surface area contributed by atoms with Gasteiger partial charge in [-0.2, -0.15) is 5.10 Å². The molecule has 0 spiro atoms. The van der Waals surface area contributed by atoms with E-state index in [-0.39, 0.29) is 12.0 Å². The van der Waals surface area contributed by atoms with Gasteiger partial charge in [0.2, 0.25) is 0 Å². The number of rotatable bonds is 8. The van der Waals surface area contributed by atoms with Gasteiger partial charge in [-0.15, -0.1) is 0 Å². The number of nitrogens with zero attached hydrogens (tertiary/aromatic N) is 3. The van der Waals surface area contributed by atoms with Crippen LogP contribution >= 0.6 is 24.0 Å². The van der Waals surface area contributed by atoms with E-state index in [1.807, 2.05) is 85.4 Å². The number of ether oxygens (including phenoxy) is 1. The highest BCUT2D eigenvalue weighted by atomic mass is 32.2. The van der Waals surface area contributed by atoms with Gasteiger partial charge in [0.05, 0.1) is 22.4 Å². The lowest BCUT2D eigenvalue weighted by Crippen LogP contribution is -2.28. The highest BCUT2D eigenvalue weighted by Gasteiger charge is 2.31. The quantitative estimate of drug-likeness (QED) is 0.280. The second-order valence-electron chi connectivity index (χ2n) is 8.09. The molecule has 7 heteroatoms. The van der Waals surface area contributed by atoms with Crippen molar-refractivity contribution in [3.05, 3.63) is 71.3 Å². The van der Waals surface area contributed by atoms with Gasteiger partial charge in [0.15, 0.2) is 0 Å². The van der Waals surface area contributed by atoms with Crippen LogP contribution in [0.25, 0.3) is 23.0 Å². The van der Waals surface area contributed by atoms with E-state index in [4.69, 9.17) is 22.1 Å². The maximum absolute atomic E-state index is 13.0. The summed E-state index contributed by atoms with van der Waals surface area (Å²) in [6, 6.07) is 17.8. The van der Waals surface area contributed by atoms with Gasteiger partial charge in [-0.25, -0.2) is 4.68 Å². The summed E-state index contributed by atoms with van der Waals surface area (Å²) in [4.78, 5) is 15.3. The van der Waals surface area contributed by atoms with Gasteiger partial charge < -0.3 is 4.74 Å². The first kappa shape index (κ1) is 23.3. The van der Waals surface area contributed by atoms with Crippen LogP contribution in [-0.2, 0) is 4.79 Å². The van der Waals surface area contributed by atoms with E-state index in [1.165, 1.54) is 11.8 Å². The fourth-order valence-electron chi connectivity index (χ4n) is 3.54. The standard InChI is InChI=1S/C26H27N3O2S2/c1-4-5-15-28-25(30)23(33-26(28)32)16-20-17-29(21-9-7-6-8-10-21)27-24(20)19-11-13-22(14-12-19)31-18(2)3/h6-14,16-18H,4-5,15H2,1-3H3. The molecule has 1 fully saturated rings. The lowest BCUT2D eigenvalue weighted by atomic mass is 10.1. The Hall–Kier alpha value is -2.90. The van der Waals surface area contributed by atoms with Crippen molar-refractivity contribution < 1.29 is 9.53 Å². The third kappa shape index (κ3) is 5.37. The summed E-state index contributed by atoms with van der Waals surface area (Å²) in [5, 5.41) is 4.86. The number of aromatic nitrogens is 2. The minimum atomic E-state index is -0.0301. The molecular formula is C26H27N3O2S2. The Bertz CT molecular complexity index is 1170. The zero-order valence-corrected chi connectivity index (χ0v) is 20.7. The van der Waals surface area contributed by atoms with E-state index in [0.717, 1.165) is 41.1 Å². The number of para-hydroxylation sites is 1. The Kier molecular flexibility index (Phi) is 7.30. The van der Waals surface area contributed by atoms with Crippen LogP contribution in [-0.4, -0.2) is 37.6 Å². The molecule has 0 aliphatic carbocycles. The van der Waals surface area contributed by atoms with Gasteiger partial charge in [0.25, 0.3) is 5.91 Å². The lowest BCUT2D eigenvalue weighted by molar-refractivity contribution is -0.122. The maximum Gasteiger partial charge on any atom is 0.266 e. The second kappa shape index (κ2) is 10.4. The summed E-state index contributed by atoms with van der Waals surface area (Å²) in [6.45, 7) is 6.77. The van der Waals surface area contributed by atoms with Gasteiger partial charge in [0, 0.05) is 23.9 Å². The molecule has 1 saturated heterocycles. The first-order valence-electron chi connectivity index (χ1n) is 11.1. The first-order chi connectivity index (χ1) is 16.0. The van der Waals surface area contributed by atoms with Crippen molar-refractivity contribution in [3.63, 3.8) is 0 Å². The van der Waals surface area contributed by atoms with Gasteiger partial charge >= 0.3 is 0 Å². The third-order valence-corrected chi connectivity index (χ3v) is 6.54. The van der Waals surface area contributed by atoms with E-state index in [9.17, 15) is 4.79 Å². The Morgan fingerprint density at radius 2 is 1.85 bits per heavy atom. The second-order valence-corrected chi connectivity index (χ2v) is 9.77. The van der Waals surface area contributed by atoms with Gasteiger partial charge in [0.1, 0.15) is 10.1 Å². The molecule has 3 aromatic rings. The van der Waals surface area contributed by atoms with E-state index in [1.54, 1.807) is 4.90 Å². The van der Waals surface area contributed by atoms with Crippen LogP contribution in [0, 0.1) is 0 Å². The summed E-state index contributed by atoms with van der Waals surface area (Å²) in [5.41, 5.74) is 3.57. The molecule has 1 aliphatic heterocycles. The van der Waals surface area contributed by atoms with Crippen LogP contribution in [0.2, 0.25) is 0 Å².